The average molecular weight is 409 g/mol. The van der Waals surface area contributed by atoms with Gasteiger partial charge in [-0.1, -0.05) is 31.4 Å². The van der Waals surface area contributed by atoms with Gasteiger partial charge in [-0.25, -0.2) is 13.4 Å². The van der Waals surface area contributed by atoms with Crippen molar-refractivity contribution in [3.8, 4) is 0 Å². The first-order valence-corrected chi connectivity index (χ1v) is 11.8. The number of nitrogens with one attached hydrogen (secondary N) is 3. The summed E-state index contributed by atoms with van der Waals surface area (Å²) in [6.07, 6.45) is 6.94. The highest BCUT2D eigenvalue weighted by Crippen LogP contribution is 2.18. The summed E-state index contributed by atoms with van der Waals surface area (Å²) < 4.78 is 23.4. The largest absolute Gasteiger partial charge is 0.357 e. The van der Waals surface area contributed by atoms with Crippen LogP contribution in [0.4, 0.5) is 0 Å². The van der Waals surface area contributed by atoms with Crippen molar-refractivity contribution in [2.45, 2.75) is 63.4 Å². The van der Waals surface area contributed by atoms with Crippen LogP contribution in [-0.4, -0.2) is 45.7 Å². The van der Waals surface area contributed by atoms with Crippen LogP contribution in [0.2, 0.25) is 0 Å². The molecule has 1 amide bonds. The van der Waals surface area contributed by atoms with Gasteiger partial charge < -0.3 is 16.0 Å². The van der Waals surface area contributed by atoms with E-state index in [1.165, 1.54) is 25.5 Å². The average Bonchev–Trinajstić information content (AvgIpc) is 2.64. The monoisotopic (exact) mass is 408 g/mol. The molecule has 3 N–H and O–H groups in total. The lowest BCUT2D eigenvalue weighted by Crippen LogP contribution is -2.46. The van der Waals surface area contributed by atoms with Crippen LogP contribution in [0, 0.1) is 6.92 Å². The molecule has 0 aliphatic heterocycles. The number of guanidine groups is 1. The van der Waals surface area contributed by atoms with E-state index in [2.05, 4.69) is 20.9 Å². The minimum Gasteiger partial charge on any atom is -0.357 e. The van der Waals surface area contributed by atoms with Crippen molar-refractivity contribution in [1.82, 2.24) is 16.0 Å². The second-order valence-electron chi connectivity index (χ2n) is 7.32. The van der Waals surface area contributed by atoms with Crippen LogP contribution in [-0.2, 0) is 21.2 Å². The number of rotatable bonds is 7. The predicted molar refractivity (Wildman–Crippen MR) is 112 cm³/mol. The fraction of sp³-hybridized carbons (Fsp3) is 0.600. The molecule has 1 fully saturated rings. The predicted octanol–water partition coefficient (Wildman–Crippen LogP) is 1.90. The Bertz CT molecular complexity index is 800. The van der Waals surface area contributed by atoms with E-state index in [1.54, 1.807) is 19.1 Å². The van der Waals surface area contributed by atoms with Crippen molar-refractivity contribution < 1.29 is 13.2 Å². The van der Waals surface area contributed by atoms with Crippen LogP contribution < -0.4 is 16.0 Å². The molecule has 1 saturated carbocycles. The van der Waals surface area contributed by atoms with Crippen LogP contribution in [0.5, 0.6) is 0 Å². The second kappa shape index (κ2) is 10.5. The fourth-order valence-corrected chi connectivity index (χ4v) is 4.39. The number of nitrogens with zero attached hydrogens (tertiary/aromatic N) is 1. The summed E-state index contributed by atoms with van der Waals surface area (Å²) in [5.41, 5.74) is 1.62. The number of aryl methyl sites for hydroxylation is 1. The van der Waals surface area contributed by atoms with E-state index in [1.807, 2.05) is 13.0 Å². The van der Waals surface area contributed by atoms with E-state index >= 15 is 0 Å². The first-order chi connectivity index (χ1) is 13.3. The zero-order valence-electron chi connectivity index (χ0n) is 17.0. The highest BCUT2D eigenvalue weighted by atomic mass is 32.2. The minimum absolute atomic E-state index is 0.0224. The maximum absolute atomic E-state index is 12.2. The van der Waals surface area contributed by atoms with Gasteiger partial charge in [0.2, 0.25) is 5.91 Å². The fourth-order valence-electron chi connectivity index (χ4n) is 3.43. The molecule has 1 aromatic rings. The molecule has 0 heterocycles. The van der Waals surface area contributed by atoms with E-state index in [0.717, 1.165) is 18.4 Å². The summed E-state index contributed by atoms with van der Waals surface area (Å²) in [5, 5.41) is 9.26. The quantitative estimate of drug-likeness (QED) is 0.473. The number of sulfone groups is 1. The summed E-state index contributed by atoms with van der Waals surface area (Å²) in [5.74, 6) is 0.539. The van der Waals surface area contributed by atoms with Gasteiger partial charge in [0, 0.05) is 18.8 Å². The molecule has 0 spiro atoms. The van der Waals surface area contributed by atoms with Crippen LogP contribution in [0.15, 0.2) is 28.1 Å². The third-order valence-electron chi connectivity index (χ3n) is 4.79. The zero-order chi connectivity index (χ0) is 20.6. The van der Waals surface area contributed by atoms with Crippen LogP contribution in [0.3, 0.4) is 0 Å². The van der Waals surface area contributed by atoms with Crippen LogP contribution in [0.25, 0.3) is 0 Å². The summed E-state index contributed by atoms with van der Waals surface area (Å²) in [6, 6.07) is 5.51. The summed E-state index contributed by atoms with van der Waals surface area (Å²) in [7, 11) is -3.23. The lowest BCUT2D eigenvalue weighted by atomic mass is 9.95. The van der Waals surface area contributed by atoms with Gasteiger partial charge in [-0.3, -0.25) is 4.79 Å². The summed E-state index contributed by atoms with van der Waals surface area (Å²) in [6.45, 7) is 4.99. The molecule has 2 rings (SSSR count). The number of benzene rings is 1. The van der Waals surface area contributed by atoms with Gasteiger partial charge >= 0.3 is 0 Å². The smallest absolute Gasteiger partial charge is 0.239 e. The van der Waals surface area contributed by atoms with Crippen LogP contribution in [0.1, 0.15) is 50.2 Å². The Labute approximate surface area is 168 Å². The molecule has 1 aliphatic carbocycles. The standard InChI is InChI=1S/C20H32N4O3S/c1-4-21-20(23-14-19(25)24-17-8-6-5-7-9-17)22-13-16-10-11-18(15(2)12-16)28(3,26)27/h10-12,17H,4-9,13-14H2,1-3H3,(H,24,25)(H2,21,22,23). The maximum Gasteiger partial charge on any atom is 0.239 e. The molecule has 156 valence electrons. The Balaban J connectivity index is 1.92. The molecule has 7 nitrogen and oxygen atoms in total. The van der Waals surface area contributed by atoms with Gasteiger partial charge in [0.1, 0.15) is 0 Å². The Morgan fingerprint density at radius 2 is 1.89 bits per heavy atom. The molecule has 0 radical (unpaired) electrons. The maximum atomic E-state index is 12.2. The molecule has 28 heavy (non-hydrogen) atoms. The van der Waals surface area contributed by atoms with Gasteiger partial charge in [-0.2, -0.15) is 0 Å². The molecule has 1 aliphatic rings. The number of carbonyl (C=O) groups excluding carboxylic acids is 1. The van der Waals surface area contributed by atoms with E-state index in [4.69, 9.17) is 0 Å². The summed E-state index contributed by atoms with van der Waals surface area (Å²) >= 11 is 0. The van der Waals surface area contributed by atoms with Gasteiger partial charge in [-0.15, -0.1) is 0 Å². The van der Waals surface area contributed by atoms with Crippen molar-refractivity contribution in [3.63, 3.8) is 0 Å². The number of carbonyl (C=O) groups is 1. The van der Waals surface area contributed by atoms with Crippen molar-refractivity contribution in [2.75, 3.05) is 19.3 Å². The number of aliphatic imine (C=N–C) groups is 1. The highest BCUT2D eigenvalue weighted by Gasteiger charge is 2.15. The highest BCUT2D eigenvalue weighted by molar-refractivity contribution is 7.90. The molecular formula is C20H32N4O3S. The van der Waals surface area contributed by atoms with E-state index in [9.17, 15) is 13.2 Å². The minimum atomic E-state index is -3.23. The third-order valence-corrected chi connectivity index (χ3v) is 6.05. The van der Waals surface area contributed by atoms with Crippen LogP contribution >= 0.6 is 0 Å². The van der Waals surface area contributed by atoms with Crippen molar-refractivity contribution in [2.24, 2.45) is 4.99 Å². The van der Waals surface area contributed by atoms with E-state index < -0.39 is 9.84 Å². The van der Waals surface area contributed by atoms with Gasteiger partial charge in [0.25, 0.3) is 0 Å². The molecular weight excluding hydrogens is 376 g/mol. The Hall–Kier alpha value is -2.09. The van der Waals surface area contributed by atoms with Gasteiger partial charge in [0.05, 0.1) is 18.0 Å². The zero-order valence-corrected chi connectivity index (χ0v) is 17.9. The molecule has 0 atom stereocenters. The van der Waals surface area contributed by atoms with Crippen molar-refractivity contribution in [1.29, 1.82) is 0 Å². The van der Waals surface area contributed by atoms with Gasteiger partial charge in [0.15, 0.2) is 15.8 Å². The lowest BCUT2D eigenvalue weighted by Gasteiger charge is -2.23. The Kier molecular flexibility index (Phi) is 8.29. The molecule has 8 heteroatoms. The van der Waals surface area contributed by atoms with E-state index in [-0.39, 0.29) is 12.5 Å². The lowest BCUT2D eigenvalue weighted by molar-refractivity contribution is -0.120. The van der Waals surface area contributed by atoms with E-state index in [0.29, 0.717) is 35.5 Å². The normalized spacial score (nSPS) is 15.9. The molecule has 0 saturated heterocycles. The third kappa shape index (κ3) is 7.14. The van der Waals surface area contributed by atoms with Crippen molar-refractivity contribution in [3.05, 3.63) is 29.3 Å². The molecule has 0 bridgehead atoms. The number of amides is 1. The topological polar surface area (TPSA) is 99.7 Å². The molecule has 0 unspecified atom stereocenters. The Morgan fingerprint density at radius 3 is 2.50 bits per heavy atom. The first-order valence-electron chi connectivity index (χ1n) is 9.90. The van der Waals surface area contributed by atoms with Gasteiger partial charge in [-0.05, 0) is 43.9 Å². The number of hydrogen-bond donors (Lipinski definition) is 3. The van der Waals surface area contributed by atoms with Crippen molar-refractivity contribution >= 4 is 21.7 Å². The molecule has 0 aromatic heterocycles. The first kappa shape index (κ1) is 22.2. The summed E-state index contributed by atoms with van der Waals surface area (Å²) in [4.78, 5) is 17.0. The SMILES string of the molecule is CCNC(=NCc1ccc(S(C)(=O)=O)c(C)c1)NCC(=O)NC1CCCCC1. The molecule has 1 aromatic carbocycles. The Morgan fingerprint density at radius 1 is 1.18 bits per heavy atom. The second-order valence-corrected chi connectivity index (χ2v) is 9.31. The number of hydrogen-bond acceptors (Lipinski definition) is 4.